The van der Waals surface area contributed by atoms with Gasteiger partial charge in [-0.2, -0.15) is 4.98 Å². The molecule has 2 unspecified atom stereocenters. The van der Waals surface area contributed by atoms with Gasteiger partial charge in [-0.3, -0.25) is 4.21 Å². The van der Waals surface area contributed by atoms with Gasteiger partial charge < -0.3 is 14.9 Å². The fourth-order valence-corrected chi connectivity index (χ4v) is 6.93. The molecular formula is C20H23ClN6O2S. The van der Waals surface area contributed by atoms with Gasteiger partial charge in [0.25, 0.3) is 0 Å². The van der Waals surface area contributed by atoms with Crippen molar-refractivity contribution in [1.29, 1.82) is 0 Å². The van der Waals surface area contributed by atoms with E-state index in [9.17, 15) is 9.32 Å². The Morgan fingerprint density at radius 1 is 1.17 bits per heavy atom. The van der Waals surface area contributed by atoms with Crippen molar-refractivity contribution in [3.05, 3.63) is 29.4 Å². The Bertz CT molecular complexity index is 999. The van der Waals surface area contributed by atoms with Crippen molar-refractivity contribution in [2.75, 3.05) is 35.4 Å². The van der Waals surface area contributed by atoms with Crippen LogP contribution in [0.3, 0.4) is 0 Å². The number of fused-ring (bicyclic) bond motifs is 3. The van der Waals surface area contributed by atoms with Crippen molar-refractivity contribution in [1.82, 2.24) is 19.9 Å². The molecule has 0 aromatic carbocycles. The summed E-state index contributed by atoms with van der Waals surface area (Å²) in [6.07, 6.45) is 9.14. The Balaban J connectivity index is 1.25. The highest BCUT2D eigenvalue weighted by Gasteiger charge is 2.50. The quantitative estimate of drug-likeness (QED) is 0.761. The van der Waals surface area contributed by atoms with Crippen LogP contribution >= 0.6 is 11.6 Å². The smallest absolute Gasteiger partial charge is 0.227 e. The molecule has 2 aliphatic carbocycles. The van der Waals surface area contributed by atoms with E-state index in [-0.39, 0.29) is 12.1 Å². The predicted molar refractivity (Wildman–Crippen MR) is 113 cm³/mol. The van der Waals surface area contributed by atoms with Crippen LogP contribution in [0.25, 0.3) is 0 Å². The monoisotopic (exact) mass is 446 g/mol. The molecule has 8 nitrogen and oxygen atoms in total. The number of rotatable bonds is 4. The summed E-state index contributed by atoms with van der Waals surface area (Å²) in [6, 6.07) is 0. The lowest BCUT2D eigenvalue weighted by Crippen LogP contribution is -2.57. The molecule has 2 aromatic heterocycles. The van der Waals surface area contributed by atoms with Gasteiger partial charge in [0.05, 0.1) is 34.2 Å². The summed E-state index contributed by atoms with van der Waals surface area (Å²) < 4.78 is 12.6. The Hall–Kier alpha value is -1.84. The molecule has 0 radical (unpaired) electrons. The van der Waals surface area contributed by atoms with Crippen LogP contribution in [0.15, 0.2) is 23.5 Å². The standard InChI is InChI=1S/C20H23ClN6O2S/c21-14-5-22-17(23-6-14)16-12-4-13(16)9-26(8-12)19-24-7-15-18(25-19)27(11-30(15)29)20(10-28)2-1-3-20/h5-7,12-13,16,28H,1-4,8-11H2/t12?,13?,16?,30-/m1/s1. The number of hydrogen-bond donors (Lipinski definition) is 1. The summed E-state index contributed by atoms with van der Waals surface area (Å²) in [4.78, 5) is 23.3. The summed E-state index contributed by atoms with van der Waals surface area (Å²) in [5, 5.41) is 10.6. The van der Waals surface area contributed by atoms with Crippen LogP contribution in [0.4, 0.5) is 11.8 Å². The van der Waals surface area contributed by atoms with Crippen molar-refractivity contribution >= 4 is 34.2 Å². The molecule has 3 atom stereocenters. The van der Waals surface area contributed by atoms with E-state index >= 15 is 0 Å². The lowest BCUT2D eigenvalue weighted by atomic mass is 9.61. The molecule has 158 valence electrons. The lowest BCUT2D eigenvalue weighted by Gasteiger charge is -2.53. The number of aliphatic hydroxyl groups is 1. The molecule has 2 bridgehead atoms. The number of hydrogen-bond acceptors (Lipinski definition) is 8. The van der Waals surface area contributed by atoms with Gasteiger partial charge in [-0.1, -0.05) is 11.6 Å². The molecule has 3 aliphatic heterocycles. The summed E-state index contributed by atoms with van der Waals surface area (Å²) in [5.41, 5.74) is -0.312. The van der Waals surface area contributed by atoms with Crippen LogP contribution in [-0.2, 0) is 10.8 Å². The van der Waals surface area contributed by atoms with Gasteiger partial charge in [0.15, 0.2) is 5.82 Å². The third-order valence-corrected chi connectivity index (χ3v) is 8.84. The topological polar surface area (TPSA) is 95.3 Å². The van der Waals surface area contributed by atoms with Crippen LogP contribution in [0.1, 0.15) is 37.4 Å². The molecule has 1 N–H and O–H groups in total. The minimum Gasteiger partial charge on any atom is -0.394 e. The highest BCUT2D eigenvalue weighted by molar-refractivity contribution is 7.85. The van der Waals surface area contributed by atoms with Gasteiger partial charge in [0.2, 0.25) is 5.95 Å². The third kappa shape index (κ3) is 2.71. The molecule has 0 amide bonds. The maximum atomic E-state index is 12.6. The minimum absolute atomic E-state index is 0.0691. The van der Waals surface area contributed by atoms with Gasteiger partial charge in [-0.15, -0.1) is 0 Å². The Morgan fingerprint density at radius 3 is 2.53 bits per heavy atom. The normalized spacial score (nSPS) is 31.1. The lowest BCUT2D eigenvalue weighted by molar-refractivity contribution is 0.103. The van der Waals surface area contributed by atoms with Gasteiger partial charge in [-0.05, 0) is 37.5 Å². The second kappa shape index (κ2) is 6.83. The number of piperidine rings is 2. The fourth-order valence-electron chi connectivity index (χ4n) is 5.53. The van der Waals surface area contributed by atoms with E-state index in [1.165, 1.54) is 6.42 Å². The molecule has 5 heterocycles. The molecule has 30 heavy (non-hydrogen) atoms. The van der Waals surface area contributed by atoms with E-state index in [0.29, 0.717) is 39.5 Å². The SMILES string of the molecule is O=[S@@]1CN(C2(CO)CCC2)c2nc(N3CC4CC(C3)C4c3ncc(Cl)cn3)ncc21. The summed E-state index contributed by atoms with van der Waals surface area (Å²) in [7, 11) is -1.14. The highest BCUT2D eigenvalue weighted by Crippen LogP contribution is 2.51. The van der Waals surface area contributed by atoms with Crippen LogP contribution in [-0.4, -0.2) is 60.4 Å². The Kier molecular flexibility index (Phi) is 4.30. The molecule has 5 aliphatic rings. The Morgan fingerprint density at radius 2 is 1.90 bits per heavy atom. The molecule has 4 fully saturated rings. The van der Waals surface area contributed by atoms with Crippen molar-refractivity contribution in [2.24, 2.45) is 11.8 Å². The van der Waals surface area contributed by atoms with Crippen molar-refractivity contribution in [2.45, 2.75) is 42.0 Å². The number of halogens is 1. The van der Waals surface area contributed by atoms with E-state index in [1.807, 2.05) is 0 Å². The van der Waals surface area contributed by atoms with Crippen LogP contribution in [0.5, 0.6) is 0 Å². The van der Waals surface area contributed by atoms with Crippen molar-refractivity contribution in [3.8, 4) is 0 Å². The first-order chi connectivity index (χ1) is 14.6. The molecule has 10 heteroatoms. The molecule has 2 saturated carbocycles. The average Bonchev–Trinajstić information content (AvgIpc) is 3.06. The van der Waals surface area contributed by atoms with Crippen molar-refractivity contribution < 1.29 is 9.32 Å². The molecular weight excluding hydrogens is 424 g/mol. The van der Waals surface area contributed by atoms with E-state index in [0.717, 1.165) is 44.0 Å². The maximum absolute atomic E-state index is 12.6. The first-order valence-electron chi connectivity index (χ1n) is 10.4. The van der Waals surface area contributed by atoms with Gasteiger partial charge in [-0.25, -0.2) is 15.0 Å². The van der Waals surface area contributed by atoms with Gasteiger partial charge in [0.1, 0.15) is 16.6 Å². The van der Waals surface area contributed by atoms with Crippen LogP contribution in [0, 0.1) is 11.8 Å². The van der Waals surface area contributed by atoms with Crippen LogP contribution in [0.2, 0.25) is 5.02 Å². The predicted octanol–water partition coefficient (Wildman–Crippen LogP) is 1.96. The largest absolute Gasteiger partial charge is 0.394 e. The molecule has 2 aromatic rings. The zero-order valence-electron chi connectivity index (χ0n) is 16.4. The summed E-state index contributed by atoms with van der Waals surface area (Å²) in [5.74, 6) is 4.02. The average molecular weight is 447 g/mol. The van der Waals surface area contributed by atoms with E-state index in [2.05, 4.69) is 24.8 Å². The first kappa shape index (κ1) is 18.9. The van der Waals surface area contributed by atoms with Crippen LogP contribution < -0.4 is 9.80 Å². The van der Waals surface area contributed by atoms with E-state index < -0.39 is 10.8 Å². The second-order valence-electron chi connectivity index (χ2n) is 8.94. The van der Waals surface area contributed by atoms with Crippen molar-refractivity contribution in [3.63, 3.8) is 0 Å². The zero-order valence-corrected chi connectivity index (χ0v) is 18.0. The third-order valence-electron chi connectivity index (χ3n) is 7.37. The number of anilines is 2. The number of nitrogens with zero attached hydrogens (tertiary/aromatic N) is 6. The first-order valence-corrected chi connectivity index (χ1v) is 12.1. The van der Waals surface area contributed by atoms with Gasteiger partial charge in [0, 0.05) is 31.4 Å². The Labute approximate surface area is 182 Å². The maximum Gasteiger partial charge on any atom is 0.227 e. The number of aromatic nitrogens is 4. The van der Waals surface area contributed by atoms with E-state index in [1.54, 1.807) is 18.6 Å². The van der Waals surface area contributed by atoms with E-state index in [4.69, 9.17) is 16.6 Å². The second-order valence-corrected chi connectivity index (χ2v) is 10.8. The van der Waals surface area contributed by atoms with Gasteiger partial charge >= 0.3 is 0 Å². The minimum atomic E-state index is -1.14. The molecule has 0 spiro atoms. The summed E-state index contributed by atoms with van der Waals surface area (Å²) in [6.45, 7) is 1.79. The summed E-state index contributed by atoms with van der Waals surface area (Å²) >= 11 is 5.94. The highest BCUT2D eigenvalue weighted by atomic mass is 35.5. The fraction of sp³-hybridized carbons (Fsp3) is 0.600. The number of aliphatic hydroxyl groups excluding tert-OH is 1. The zero-order chi connectivity index (χ0) is 20.5. The molecule has 7 rings (SSSR count). The molecule has 2 saturated heterocycles.